The van der Waals surface area contributed by atoms with E-state index in [2.05, 4.69) is 21.1 Å². The zero-order chi connectivity index (χ0) is 9.84. The molecule has 0 spiro atoms. The van der Waals surface area contributed by atoms with Crippen LogP contribution in [0, 0.1) is 0 Å². The van der Waals surface area contributed by atoms with Crippen LogP contribution in [0.3, 0.4) is 0 Å². The molecule has 0 bridgehead atoms. The highest BCUT2D eigenvalue weighted by Gasteiger charge is 2.06. The van der Waals surface area contributed by atoms with Gasteiger partial charge in [-0.3, -0.25) is 0 Å². The lowest BCUT2D eigenvalue weighted by atomic mass is 10.2. The first-order valence-corrected chi connectivity index (χ1v) is 4.22. The van der Waals surface area contributed by atoms with E-state index in [4.69, 9.17) is 9.94 Å². The number of phenols is 1. The lowest BCUT2D eigenvalue weighted by Gasteiger charge is -2.05. The van der Waals surface area contributed by atoms with Gasteiger partial charge in [-0.1, -0.05) is 5.16 Å². The Bertz CT molecular complexity index is 338. The van der Waals surface area contributed by atoms with Crippen molar-refractivity contribution in [2.24, 2.45) is 5.16 Å². The topological polar surface area (TPSA) is 62.0 Å². The summed E-state index contributed by atoms with van der Waals surface area (Å²) >= 11 is 3.19. The van der Waals surface area contributed by atoms with Gasteiger partial charge in [-0.05, 0) is 28.1 Å². The van der Waals surface area contributed by atoms with Gasteiger partial charge in [-0.15, -0.1) is 0 Å². The number of halogens is 1. The van der Waals surface area contributed by atoms with E-state index in [9.17, 15) is 5.11 Å². The second-order valence-electron chi connectivity index (χ2n) is 2.29. The highest BCUT2D eigenvalue weighted by molar-refractivity contribution is 9.10. The third-order valence-corrected chi connectivity index (χ3v) is 2.18. The smallest absolute Gasteiger partial charge is 0.161 e. The molecule has 0 fully saturated rings. The van der Waals surface area contributed by atoms with Crippen LogP contribution < -0.4 is 4.74 Å². The summed E-state index contributed by atoms with van der Waals surface area (Å²) in [7, 11) is 1.45. The number of rotatable bonds is 2. The van der Waals surface area contributed by atoms with Crippen molar-refractivity contribution in [2.75, 3.05) is 7.11 Å². The molecule has 0 atom stereocenters. The highest BCUT2D eigenvalue weighted by Crippen LogP contribution is 2.31. The molecule has 70 valence electrons. The maximum atomic E-state index is 9.32. The predicted molar refractivity (Wildman–Crippen MR) is 51.7 cm³/mol. The predicted octanol–water partition coefficient (Wildman–Crippen LogP) is 1.97. The molecule has 0 aliphatic rings. The molecule has 0 aromatic heterocycles. The van der Waals surface area contributed by atoms with E-state index in [1.165, 1.54) is 19.4 Å². The van der Waals surface area contributed by atoms with Crippen molar-refractivity contribution in [3.63, 3.8) is 0 Å². The van der Waals surface area contributed by atoms with Gasteiger partial charge in [0.2, 0.25) is 0 Å². The first-order chi connectivity index (χ1) is 6.19. The molecule has 0 radical (unpaired) electrons. The maximum Gasteiger partial charge on any atom is 0.161 e. The standard InChI is InChI=1S/C8H8BrNO3/c1-13-8-2-5(4-10-12)6(9)3-7(8)11/h2-4,11-12H,1H3. The Labute approximate surface area is 83.6 Å². The van der Waals surface area contributed by atoms with E-state index < -0.39 is 0 Å². The monoisotopic (exact) mass is 245 g/mol. The Balaban J connectivity index is 3.22. The van der Waals surface area contributed by atoms with Crippen LogP contribution >= 0.6 is 15.9 Å². The van der Waals surface area contributed by atoms with Crippen LogP contribution in [0.15, 0.2) is 21.8 Å². The van der Waals surface area contributed by atoms with Crippen molar-refractivity contribution >= 4 is 22.1 Å². The SMILES string of the molecule is COc1cc(C=NO)c(Br)cc1O. The zero-order valence-corrected chi connectivity index (χ0v) is 8.45. The highest BCUT2D eigenvalue weighted by atomic mass is 79.9. The Morgan fingerprint density at radius 1 is 1.54 bits per heavy atom. The number of benzene rings is 1. The van der Waals surface area contributed by atoms with E-state index in [0.717, 1.165) is 0 Å². The van der Waals surface area contributed by atoms with Crippen LogP contribution in [0.4, 0.5) is 0 Å². The second-order valence-corrected chi connectivity index (χ2v) is 3.14. The molecule has 0 heterocycles. The number of aromatic hydroxyl groups is 1. The molecular formula is C8H8BrNO3. The fraction of sp³-hybridized carbons (Fsp3) is 0.125. The number of nitrogens with zero attached hydrogens (tertiary/aromatic N) is 1. The minimum atomic E-state index is 0.0319. The summed E-state index contributed by atoms with van der Waals surface area (Å²) in [4.78, 5) is 0. The molecule has 4 nitrogen and oxygen atoms in total. The average molecular weight is 246 g/mol. The van der Waals surface area contributed by atoms with E-state index in [-0.39, 0.29) is 5.75 Å². The van der Waals surface area contributed by atoms with Gasteiger partial charge >= 0.3 is 0 Å². The summed E-state index contributed by atoms with van der Waals surface area (Å²) < 4.78 is 5.50. The number of oxime groups is 1. The lowest BCUT2D eigenvalue weighted by molar-refractivity contribution is 0.321. The molecule has 0 unspecified atom stereocenters. The first-order valence-electron chi connectivity index (χ1n) is 3.43. The van der Waals surface area contributed by atoms with Gasteiger partial charge in [0.05, 0.1) is 13.3 Å². The molecule has 1 rings (SSSR count). The number of ether oxygens (including phenoxy) is 1. The van der Waals surface area contributed by atoms with Crippen LogP contribution in [-0.2, 0) is 0 Å². The third-order valence-electron chi connectivity index (χ3n) is 1.49. The van der Waals surface area contributed by atoms with Gasteiger partial charge in [-0.25, -0.2) is 0 Å². The van der Waals surface area contributed by atoms with Gasteiger partial charge < -0.3 is 15.1 Å². The molecule has 13 heavy (non-hydrogen) atoms. The molecular weight excluding hydrogens is 238 g/mol. The van der Waals surface area contributed by atoms with E-state index in [1.807, 2.05) is 0 Å². The second kappa shape index (κ2) is 4.13. The van der Waals surface area contributed by atoms with Crippen LogP contribution in [0.25, 0.3) is 0 Å². The maximum absolute atomic E-state index is 9.32. The van der Waals surface area contributed by atoms with Gasteiger partial charge in [-0.2, -0.15) is 0 Å². The van der Waals surface area contributed by atoms with Crippen molar-refractivity contribution < 1.29 is 15.1 Å². The van der Waals surface area contributed by atoms with Crippen LogP contribution in [0.5, 0.6) is 11.5 Å². The Kier molecular flexibility index (Phi) is 3.13. The molecule has 0 saturated carbocycles. The number of hydrogen-bond acceptors (Lipinski definition) is 4. The Morgan fingerprint density at radius 2 is 2.23 bits per heavy atom. The third kappa shape index (κ3) is 2.12. The van der Waals surface area contributed by atoms with Crippen molar-refractivity contribution in [3.8, 4) is 11.5 Å². The lowest BCUT2D eigenvalue weighted by Crippen LogP contribution is -1.88. The summed E-state index contributed by atoms with van der Waals surface area (Å²) in [6.07, 6.45) is 1.24. The largest absolute Gasteiger partial charge is 0.504 e. The summed E-state index contributed by atoms with van der Waals surface area (Å²) in [5.41, 5.74) is 0.622. The minimum absolute atomic E-state index is 0.0319. The van der Waals surface area contributed by atoms with E-state index >= 15 is 0 Å². The summed E-state index contributed by atoms with van der Waals surface area (Å²) in [5.74, 6) is 0.363. The Hall–Kier alpha value is -1.23. The van der Waals surface area contributed by atoms with Crippen molar-refractivity contribution in [1.82, 2.24) is 0 Å². The van der Waals surface area contributed by atoms with Gasteiger partial charge in [0, 0.05) is 10.0 Å². The van der Waals surface area contributed by atoms with Crippen molar-refractivity contribution in [3.05, 3.63) is 22.2 Å². The van der Waals surface area contributed by atoms with Crippen LogP contribution in [0.1, 0.15) is 5.56 Å². The van der Waals surface area contributed by atoms with Crippen molar-refractivity contribution in [2.45, 2.75) is 0 Å². The molecule has 5 heteroatoms. The molecule has 0 aliphatic heterocycles. The number of hydrogen-bond donors (Lipinski definition) is 2. The number of methoxy groups -OCH3 is 1. The zero-order valence-electron chi connectivity index (χ0n) is 6.86. The average Bonchev–Trinajstić information content (AvgIpc) is 2.10. The van der Waals surface area contributed by atoms with Gasteiger partial charge in [0.1, 0.15) is 0 Å². The summed E-state index contributed by atoms with van der Waals surface area (Å²) in [5, 5.41) is 20.5. The van der Waals surface area contributed by atoms with Crippen LogP contribution in [-0.4, -0.2) is 23.6 Å². The van der Waals surface area contributed by atoms with Gasteiger partial charge in [0.25, 0.3) is 0 Å². The molecule has 2 N–H and O–H groups in total. The first kappa shape index (κ1) is 9.85. The summed E-state index contributed by atoms with van der Waals surface area (Å²) in [6, 6.07) is 3.02. The van der Waals surface area contributed by atoms with E-state index in [0.29, 0.717) is 15.8 Å². The molecule has 1 aromatic carbocycles. The summed E-state index contributed by atoms with van der Waals surface area (Å²) in [6.45, 7) is 0. The fourth-order valence-electron chi connectivity index (χ4n) is 0.883. The molecule has 0 saturated heterocycles. The molecule has 1 aromatic rings. The number of phenolic OH excluding ortho intramolecular Hbond substituents is 1. The normalized spacial score (nSPS) is 10.6. The quantitative estimate of drug-likeness (QED) is 0.476. The fourth-order valence-corrected chi connectivity index (χ4v) is 1.32. The minimum Gasteiger partial charge on any atom is -0.504 e. The van der Waals surface area contributed by atoms with E-state index in [1.54, 1.807) is 6.07 Å². The van der Waals surface area contributed by atoms with Crippen LogP contribution in [0.2, 0.25) is 0 Å². The van der Waals surface area contributed by atoms with Gasteiger partial charge in [0.15, 0.2) is 11.5 Å². The Morgan fingerprint density at radius 3 is 2.77 bits per heavy atom. The molecule has 0 amide bonds. The van der Waals surface area contributed by atoms with Crippen molar-refractivity contribution in [1.29, 1.82) is 0 Å². The molecule has 0 aliphatic carbocycles.